The van der Waals surface area contributed by atoms with E-state index in [1.807, 2.05) is 12.1 Å². The number of nitrogens with zero attached hydrogens (tertiary/aromatic N) is 2. The average Bonchev–Trinajstić information content (AvgIpc) is 3.29. The minimum Gasteiger partial charge on any atom is -0.304 e. The Kier molecular flexibility index (Phi) is 10.5. The van der Waals surface area contributed by atoms with E-state index in [-0.39, 0.29) is 24.4 Å². The Morgan fingerprint density at radius 1 is 0.622 bits per heavy atom. The highest BCUT2D eigenvalue weighted by Gasteiger charge is 2.24. The van der Waals surface area contributed by atoms with Gasteiger partial charge in [0.25, 0.3) is 0 Å². The van der Waals surface area contributed by atoms with Gasteiger partial charge in [0.05, 0.1) is 0 Å². The summed E-state index contributed by atoms with van der Waals surface area (Å²) in [6.45, 7) is 13.7. The number of benzene rings is 2. The highest BCUT2D eigenvalue weighted by atomic mass is 16.2. The number of hydrogen-bond acceptors (Lipinski definition) is 6. The lowest BCUT2D eigenvalue weighted by molar-refractivity contribution is -0.115. The molecule has 0 atom stereocenters. The van der Waals surface area contributed by atoms with Crippen molar-refractivity contribution in [1.29, 1.82) is 0 Å². The minimum absolute atomic E-state index is 0.251. The van der Waals surface area contributed by atoms with Crippen molar-refractivity contribution >= 4 is 23.1 Å². The van der Waals surface area contributed by atoms with Crippen LogP contribution in [0.15, 0.2) is 36.4 Å². The van der Waals surface area contributed by atoms with Gasteiger partial charge in [-0.1, -0.05) is 52.0 Å². The molecule has 0 radical (unpaired) electrons. The Labute approximate surface area is 221 Å². The predicted octanol–water partition coefficient (Wildman–Crippen LogP) is 5.01. The second-order valence-electron chi connectivity index (χ2n) is 9.69. The summed E-state index contributed by atoms with van der Waals surface area (Å²) in [6, 6.07) is 10.8. The van der Waals surface area contributed by atoms with E-state index in [1.54, 1.807) is 24.3 Å². The molecule has 0 unspecified atom stereocenters. The van der Waals surface area contributed by atoms with Gasteiger partial charge in [-0.05, 0) is 92.9 Å². The van der Waals surface area contributed by atoms with E-state index in [9.17, 15) is 19.2 Å². The molecule has 6 nitrogen and oxygen atoms in total. The fourth-order valence-corrected chi connectivity index (χ4v) is 5.05. The number of carbonyl (C=O) groups excluding carboxylic acids is 4. The summed E-state index contributed by atoms with van der Waals surface area (Å²) in [7, 11) is 0. The third-order valence-corrected chi connectivity index (χ3v) is 7.46. The molecule has 0 spiro atoms. The maximum Gasteiger partial charge on any atom is 0.228 e. The van der Waals surface area contributed by atoms with Crippen LogP contribution in [-0.4, -0.2) is 72.2 Å². The molecule has 0 bridgehead atoms. The molecule has 6 heteroatoms. The summed E-state index contributed by atoms with van der Waals surface area (Å²) in [5, 5.41) is 0. The molecule has 3 rings (SSSR count). The highest BCUT2D eigenvalue weighted by Crippen LogP contribution is 2.37. The van der Waals surface area contributed by atoms with Crippen LogP contribution in [0.25, 0.3) is 11.1 Å². The SMILES string of the molecule is CCN(CC)CCCC(=O)C(=O)c1ccc2c(c1)Cc1cc(C(=O)C(=O)CCCN(CC)CC)ccc1-2. The van der Waals surface area contributed by atoms with Crippen LogP contribution in [0.4, 0.5) is 0 Å². The second-order valence-corrected chi connectivity index (χ2v) is 9.69. The molecule has 1 aliphatic rings. The third-order valence-electron chi connectivity index (χ3n) is 7.46. The van der Waals surface area contributed by atoms with Crippen LogP contribution in [0.5, 0.6) is 0 Å². The van der Waals surface area contributed by atoms with Crippen molar-refractivity contribution in [2.75, 3.05) is 39.3 Å². The molecule has 1 aliphatic carbocycles. The first kappa shape index (κ1) is 28.6. The summed E-state index contributed by atoms with van der Waals surface area (Å²) in [4.78, 5) is 55.0. The first-order valence-corrected chi connectivity index (χ1v) is 13.7. The molecule has 37 heavy (non-hydrogen) atoms. The van der Waals surface area contributed by atoms with Crippen molar-refractivity contribution in [3.63, 3.8) is 0 Å². The van der Waals surface area contributed by atoms with Gasteiger partial charge < -0.3 is 9.80 Å². The number of fused-ring (bicyclic) bond motifs is 3. The molecule has 0 saturated carbocycles. The second kappa shape index (κ2) is 13.5. The summed E-state index contributed by atoms with van der Waals surface area (Å²) < 4.78 is 0. The van der Waals surface area contributed by atoms with E-state index in [1.165, 1.54) is 0 Å². The summed E-state index contributed by atoms with van der Waals surface area (Å²) in [5.74, 6) is -1.58. The van der Waals surface area contributed by atoms with Crippen LogP contribution in [-0.2, 0) is 16.0 Å². The summed E-state index contributed by atoms with van der Waals surface area (Å²) >= 11 is 0. The molecule has 0 aliphatic heterocycles. The lowest BCUT2D eigenvalue weighted by atomic mass is 9.97. The molecule has 2 aromatic carbocycles. The van der Waals surface area contributed by atoms with E-state index in [0.29, 0.717) is 30.4 Å². The van der Waals surface area contributed by atoms with Gasteiger partial charge >= 0.3 is 0 Å². The van der Waals surface area contributed by atoms with Gasteiger partial charge in [-0.3, -0.25) is 19.2 Å². The van der Waals surface area contributed by atoms with Gasteiger partial charge in [0.15, 0.2) is 0 Å². The maximum absolute atomic E-state index is 12.8. The Morgan fingerprint density at radius 3 is 1.35 bits per heavy atom. The summed E-state index contributed by atoms with van der Waals surface area (Å²) in [5.41, 5.74) is 4.77. The molecule has 0 saturated heterocycles. The molecule has 0 amide bonds. The Hall–Kier alpha value is -2.96. The van der Waals surface area contributed by atoms with Gasteiger partial charge in [-0.15, -0.1) is 0 Å². The van der Waals surface area contributed by atoms with Crippen LogP contribution >= 0.6 is 0 Å². The number of rotatable bonds is 16. The molecule has 2 aromatic rings. The van der Waals surface area contributed by atoms with E-state index < -0.39 is 11.6 Å². The monoisotopic (exact) mass is 504 g/mol. The first-order chi connectivity index (χ1) is 17.8. The smallest absolute Gasteiger partial charge is 0.228 e. The highest BCUT2D eigenvalue weighted by molar-refractivity contribution is 6.44. The normalized spacial score (nSPS) is 12.1. The first-order valence-electron chi connectivity index (χ1n) is 13.7. The largest absolute Gasteiger partial charge is 0.304 e. The van der Waals surface area contributed by atoms with Gasteiger partial charge in [0.2, 0.25) is 23.1 Å². The lowest BCUT2D eigenvalue weighted by Crippen LogP contribution is -2.25. The van der Waals surface area contributed by atoms with E-state index >= 15 is 0 Å². The zero-order chi connectivity index (χ0) is 26.9. The van der Waals surface area contributed by atoms with Crippen molar-refractivity contribution in [3.8, 4) is 11.1 Å². The minimum atomic E-state index is -0.440. The third kappa shape index (κ3) is 7.08. The Morgan fingerprint density at radius 2 is 1.00 bits per heavy atom. The van der Waals surface area contributed by atoms with E-state index in [4.69, 9.17) is 0 Å². The quantitative estimate of drug-likeness (QED) is 0.202. The fraction of sp³-hybridized carbons (Fsp3) is 0.484. The van der Waals surface area contributed by atoms with Gasteiger partial charge in [0.1, 0.15) is 0 Å². The maximum atomic E-state index is 12.8. The zero-order valence-electron chi connectivity index (χ0n) is 22.8. The molecule has 198 valence electrons. The Balaban J connectivity index is 1.62. The molecule has 0 fully saturated rings. The van der Waals surface area contributed by atoms with Crippen molar-refractivity contribution in [1.82, 2.24) is 9.80 Å². The lowest BCUT2D eigenvalue weighted by Gasteiger charge is -2.17. The summed E-state index contributed by atoms with van der Waals surface area (Å²) in [6.07, 6.45) is 2.42. The van der Waals surface area contributed by atoms with Crippen LogP contribution in [0.2, 0.25) is 0 Å². The van der Waals surface area contributed by atoms with Crippen molar-refractivity contribution in [2.24, 2.45) is 0 Å². The zero-order valence-corrected chi connectivity index (χ0v) is 22.8. The predicted molar refractivity (Wildman–Crippen MR) is 147 cm³/mol. The van der Waals surface area contributed by atoms with Crippen molar-refractivity contribution in [3.05, 3.63) is 58.7 Å². The van der Waals surface area contributed by atoms with E-state index in [0.717, 1.165) is 61.5 Å². The number of carbonyl (C=O) groups is 4. The average molecular weight is 505 g/mol. The van der Waals surface area contributed by atoms with Gasteiger partial charge in [-0.25, -0.2) is 0 Å². The molecule has 0 heterocycles. The number of ketones is 4. The topological polar surface area (TPSA) is 74.8 Å². The molecule has 0 N–H and O–H groups in total. The van der Waals surface area contributed by atoms with Crippen molar-refractivity contribution in [2.45, 2.75) is 59.8 Å². The van der Waals surface area contributed by atoms with Crippen LogP contribution in [0.1, 0.15) is 85.2 Å². The van der Waals surface area contributed by atoms with Gasteiger partial charge in [-0.2, -0.15) is 0 Å². The van der Waals surface area contributed by atoms with Crippen LogP contribution in [0.3, 0.4) is 0 Å². The van der Waals surface area contributed by atoms with Crippen LogP contribution < -0.4 is 0 Å². The number of Topliss-reactive ketones (excluding diaryl/α,β-unsaturated/α-hetero) is 4. The van der Waals surface area contributed by atoms with Crippen LogP contribution in [0, 0.1) is 0 Å². The molecule has 0 aromatic heterocycles. The molecular formula is C31H40N2O4. The fourth-order valence-electron chi connectivity index (χ4n) is 5.05. The number of hydrogen-bond donors (Lipinski definition) is 0. The van der Waals surface area contributed by atoms with Gasteiger partial charge in [0, 0.05) is 24.0 Å². The Bertz CT molecular complexity index is 1060. The van der Waals surface area contributed by atoms with E-state index in [2.05, 4.69) is 37.5 Å². The molecular weight excluding hydrogens is 464 g/mol. The van der Waals surface area contributed by atoms with Crippen molar-refractivity contribution < 1.29 is 19.2 Å². The standard InChI is InChI=1S/C31H40N2O4/c1-5-32(6-2)17-9-11-28(34)30(36)22-13-15-26-24(19-22)21-25-20-23(14-16-27(25)26)31(37)29(35)12-10-18-33(7-3)8-4/h13-16,19-20H,5-12,17-18,21H2,1-4H3.